The van der Waals surface area contributed by atoms with Crippen molar-refractivity contribution in [2.45, 2.75) is 129 Å². The lowest BCUT2D eigenvalue weighted by Gasteiger charge is -2.57. The maximum atomic E-state index is 14.4. The number of piperidine rings is 1. The molecule has 6 aromatic rings. The Morgan fingerprint density at radius 2 is 1.55 bits per heavy atom. The Balaban J connectivity index is 0.702. The second-order valence-electron chi connectivity index (χ2n) is 22.8. The lowest BCUT2D eigenvalue weighted by molar-refractivity contribution is -0.134. The van der Waals surface area contributed by atoms with Gasteiger partial charge in [-0.3, -0.25) is 39.3 Å². The highest BCUT2D eigenvalue weighted by atomic mass is 32.1. The average molecular weight is 1070 g/mol. The molecular formula is C61H71N11O5S. The van der Waals surface area contributed by atoms with Gasteiger partial charge < -0.3 is 26.3 Å². The topological polar surface area (TPSA) is 216 Å². The molecule has 1 saturated heterocycles. The fourth-order valence-electron chi connectivity index (χ4n) is 13.9. The number of fused-ring (bicyclic) bond motifs is 3. The molecule has 6 aliphatic rings. The quantitative estimate of drug-likeness (QED) is 0.0228. The maximum Gasteiger partial charge on any atom is 0.270 e. The highest BCUT2D eigenvalue weighted by Crippen LogP contribution is 2.60. The fourth-order valence-corrected chi connectivity index (χ4v) is 14.7. The van der Waals surface area contributed by atoms with Gasteiger partial charge in [-0.05, 0) is 142 Å². The summed E-state index contributed by atoms with van der Waals surface area (Å²) in [5, 5.41) is 30.2. The third-order valence-electron chi connectivity index (χ3n) is 17.3. The summed E-state index contributed by atoms with van der Waals surface area (Å²) in [6.07, 6.45) is 17.5. The smallest absolute Gasteiger partial charge is 0.270 e. The van der Waals surface area contributed by atoms with Crippen LogP contribution < -0.4 is 31.5 Å². The number of amides is 5. The lowest BCUT2D eigenvalue weighted by Crippen LogP contribution is -2.50. The number of aromatic nitrogens is 4. The zero-order valence-corrected chi connectivity index (χ0v) is 45.7. The Kier molecular flexibility index (Phi) is 15.5. The van der Waals surface area contributed by atoms with Crippen molar-refractivity contribution >= 4 is 90.4 Å². The number of aryl methyl sites for hydroxylation is 1. The monoisotopic (exact) mass is 1070 g/mol. The number of hydrogen-bond acceptors (Lipinski definition) is 12. The van der Waals surface area contributed by atoms with Crippen molar-refractivity contribution in [2.75, 3.05) is 35.2 Å². The van der Waals surface area contributed by atoms with Crippen molar-refractivity contribution in [3.8, 4) is 0 Å². The molecule has 3 aromatic heterocycles. The SMILES string of the molecule is C/C(NCC12CC3CC(CC(C3)C1)C2)=C(/C=N)c1ccc(N2CCc3cccc(C(=O)Nc4nc5ccccc5s4)c3C2)nc1C(=O)NCCCCCCCCCC(=O)Nc1cccc2c(C3CCC(=O)NC3=O)nn(C)c12. The van der Waals surface area contributed by atoms with E-state index in [1.807, 2.05) is 73.7 Å². The maximum absolute atomic E-state index is 14.4. The molecule has 78 heavy (non-hydrogen) atoms. The number of pyridine rings is 1. The van der Waals surface area contributed by atoms with Gasteiger partial charge in [0.15, 0.2) is 5.13 Å². The number of nitrogens with one attached hydrogen (secondary N) is 6. The highest BCUT2D eigenvalue weighted by molar-refractivity contribution is 7.22. The fraction of sp³-hybridized carbons (Fsp3) is 0.459. The van der Waals surface area contributed by atoms with Crippen LogP contribution in [0.4, 0.5) is 16.6 Å². The molecule has 4 saturated carbocycles. The normalized spacial score (nSPS) is 21.7. The molecule has 0 radical (unpaired) electrons. The number of imide groups is 1. The number of thiazole rings is 1. The lowest BCUT2D eigenvalue weighted by atomic mass is 9.49. The summed E-state index contributed by atoms with van der Waals surface area (Å²) in [6.45, 7) is 4.50. The van der Waals surface area contributed by atoms with E-state index in [0.717, 1.165) is 107 Å². The van der Waals surface area contributed by atoms with Gasteiger partial charge in [-0.1, -0.05) is 79.8 Å². The van der Waals surface area contributed by atoms with Crippen LogP contribution in [-0.2, 0) is 34.4 Å². The van der Waals surface area contributed by atoms with Crippen LogP contribution in [0.25, 0.3) is 26.7 Å². The van der Waals surface area contributed by atoms with Gasteiger partial charge in [0.25, 0.3) is 11.8 Å². The second kappa shape index (κ2) is 23.0. The van der Waals surface area contributed by atoms with Gasteiger partial charge >= 0.3 is 0 Å². The Morgan fingerprint density at radius 3 is 2.31 bits per heavy atom. The van der Waals surface area contributed by atoms with Crippen LogP contribution in [0.1, 0.15) is 159 Å². The van der Waals surface area contributed by atoms with Gasteiger partial charge in [0, 0.05) is 80.1 Å². The Morgan fingerprint density at radius 1 is 0.808 bits per heavy atom. The van der Waals surface area contributed by atoms with Gasteiger partial charge in [-0.2, -0.15) is 5.10 Å². The molecule has 406 valence electrons. The number of carbonyl (C=O) groups is 5. The number of carbonyl (C=O) groups excluding carboxylic acids is 5. The van der Waals surface area contributed by atoms with E-state index in [0.29, 0.717) is 83.3 Å². The van der Waals surface area contributed by atoms with Crippen molar-refractivity contribution in [1.29, 1.82) is 5.41 Å². The molecular weight excluding hydrogens is 999 g/mol. The minimum atomic E-state index is -0.520. The minimum Gasteiger partial charge on any atom is -0.387 e. The van der Waals surface area contributed by atoms with Crippen molar-refractivity contribution in [3.63, 3.8) is 0 Å². The standard InChI is InChI=1S/C61H71N11O5S/c1-37(64-36-61-31-38-28-39(32-61)30-40(29-38)33-61)46(34-62)42-21-23-51(72-27-25-41-14-12-15-43(47(41)35-72)57(75)69-60-66-48-17-9-10-19-50(48)78-60)67-55(42)59(77)63-26-11-7-5-3-4-6-8-20-52(73)65-49-18-13-16-44-54(70-71(2)56(44)49)45-22-24-53(74)68-58(45)76/h9-10,12-19,21,23,34,38-40,45,62,64H,3-8,11,20,22,24-33,35-36H2,1-2H3,(H,63,77)(H,65,73)(H,66,69,75)(H,68,74,76)/b46-37+,62-34?. The summed E-state index contributed by atoms with van der Waals surface area (Å²) in [5.41, 5.74) is 8.20. The van der Waals surface area contributed by atoms with Crippen LogP contribution in [0.2, 0.25) is 0 Å². The van der Waals surface area contributed by atoms with Crippen molar-refractivity contribution in [3.05, 3.63) is 112 Å². The summed E-state index contributed by atoms with van der Waals surface area (Å²) in [6, 6.07) is 23.2. The Bertz CT molecular complexity index is 3270. The predicted octanol–water partition coefficient (Wildman–Crippen LogP) is 10.6. The van der Waals surface area contributed by atoms with Gasteiger partial charge in [0.1, 0.15) is 11.5 Å². The molecule has 17 heteroatoms. The first kappa shape index (κ1) is 52.8. The van der Waals surface area contributed by atoms with Crippen molar-refractivity contribution < 1.29 is 24.0 Å². The molecule has 1 atom stereocenters. The van der Waals surface area contributed by atoms with Gasteiger partial charge in [0.2, 0.25) is 17.7 Å². The van der Waals surface area contributed by atoms with Crippen LogP contribution in [0.5, 0.6) is 0 Å². The molecule has 5 amide bonds. The molecule has 2 aliphatic heterocycles. The third-order valence-corrected chi connectivity index (χ3v) is 18.2. The minimum absolute atomic E-state index is 0.0748. The number of benzene rings is 3. The molecule has 3 aromatic carbocycles. The molecule has 4 aliphatic carbocycles. The van der Waals surface area contributed by atoms with Gasteiger partial charge in [-0.25, -0.2) is 9.97 Å². The molecule has 12 rings (SSSR count). The second-order valence-corrected chi connectivity index (χ2v) is 23.8. The van der Waals surface area contributed by atoms with Crippen LogP contribution in [-0.4, -0.2) is 75.1 Å². The van der Waals surface area contributed by atoms with E-state index in [2.05, 4.69) is 47.6 Å². The first-order valence-corrected chi connectivity index (χ1v) is 29.1. The summed E-state index contributed by atoms with van der Waals surface area (Å²) >= 11 is 1.45. The molecule has 5 fully saturated rings. The number of unbranched alkanes of at least 4 members (excludes halogenated alkanes) is 6. The molecule has 4 bridgehead atoms. The van der Waals surface area contributed by atoms with Crippen LogP contribution in [0.3, 0.4) is 0 Å². The molecule has 0 spiro atoms. The number of allylic oxidation sites excluding steroid dienone is 2. The number of para-hydroxylation sites is 2. The third kappa shape index (κ3) is 11.3. The van der Waals surface area contributed by atoms with Crippen LogP contribution >= 0.6 is 11.3 Å². The van der Waals surface area contributed by atoms with Gasteiger partial charge in [0.05, 0.1) is 33.0 Å². The zero-order valence-electron chi connectivity index (χ0n) is 44.8. The highest BCUT2D eigenvalue weighted by Gasteiger charge is 2.50. The van der Waals surface area contributed by atoms with Crippen molar-refractivity contribution in [2.24, 2.45) is 30.2 Å². The van der Waals surface area contributed by atoms with E-state index in [9.17, 15) is 24.0 Å². The van der Waals surface area contributed by atoms with E-state index in [4.69, 9.17) is 10.4 Å². The van der Waals surface area contributed by atoms with Crippen LogP contribution in [0, 0.1) is 28.6 Å². The molecule has 1 unspecified atom stereocenters. The van der Waals surface area contributed by atoms with E-state index < -0.39 is 5.92 Å². The largest absolute Gasteiger partial charge is 0.387 e. The Labute approximate surface area is 459 Å². The number of anilines is 3. The first-order chi connectivity index (χ1) is 37.9. The summed E-state index contributed by atoms with van der Waals surface area (Å²) < 4.78 is 2.70. The van der Waals surface area contributed by atoms with Crippen LogP contribution in [0.15, 0.2) is 78.5 Å². The predicted molar refractivity (Wildman–Crippen MR) is 307 cm³/mol. The van der Waals surface area contributed by atoms with E-state index in [1.165, 1.54) is 56.1 Å². The van der Waals surface area contributed by atoms with Gasteiger partial charge in [-0.15, -0.1) is 0 Å². The summed E-state index contributed by atoms with van der Waals surface area (Å²) in [5.74, 6) is 1.45. The number of nitrogens with zero attached hydrogens (tertiary/aromatic N) is 5. The number of hydrogen-bond donors (Lipinski definition) is 6. The van der Waals surface area contributed by atoms with Crippen molar-refractivity contribution in [1.82, 2.24) is 35.7 Å². The zero-order chi connectivity index (χ0) is 53.9. The van der Waals surface area contributed by atoms with E-state index in [-0.39, 0.29) is 41.7 Å². The van der Waals surface area contributed by atoms with E-state index >= 15 is 0 Å². The summed E-state index contributed by atoms with van der Waals surface area (Å²) in [4.78, 5) is 77.7. The first-order valence-electron chi connectivity index (χ1n) is 28.3. The molecule has 5 heterocycles. The number of rotatable bonds is 21. The molecule has 6 N–H and O–H groups in total. The Hall–Kier alpha value is -7.27. The van der Waals surface area contributed by atoms with E-state index in [1.54, 1.807) is 11.7 Å². The molecule has 16 nitrogen and oxygen atoms in total. The average Bonchev–Trinajstić information content (AvgIpc) is 4.06. The summed E-state index contributed by atoms with van der Waals surface area (Å²) in [7, 11) is 1.80.